The van der Waals surface area contributed by atoms with Gasteiger partial charge in [-0.15, -0.1) is 0 Å². The highest BCUT2D eigenvalue weighted by molar-refractivity contribution is 5.87. The van der Waals surface area contributed by atoms with Gasteiger partial charge < -0.3 is 19.1 Å². The molecule has 0 aromatic carbocycles. The van der Waals surface area contributed by atoms with Crippen LogP contribution in [0.4, 0.5) is 13.2 Å². The summed E-state index contributed by atoms with van der Waals surface area (Å²) in [6, 6.07) is 5.07. The van der Waals surface area contributed by atoms with E-state index in [0.29, 0.717) is 33.8 Å². The summed E-state index contributed by atoms with van der Waals surface area (Å²) in [6.07, 6.45) is 0.964. The quantitative estimate of drug-likeness (QED) is 0.532. The smallest absolute Gasteiger partial charge is 0.406 e. The van der Waals surface area contributed by atoms with Crippen molar-refractivity contribution in [3.05, 3.63) is 43.1 Å². The first-order chi connectivity index (χ1) is 14.3. The summed E-state index contributed by atoms with van der Waals surface area (Å²) in [6.45, 7) is -1.17. The van der Waals surface area contributed by atoms with E-state index in [-0.39, 0.29) is 11.7 Å². The molecule has 4 heterocycles. The van der Waals surface area contributed by atoms with Gasteiger partial charge in [-0.25, -0.2) is 15.0 Å². The van der Waals surface area contributed by atoms with Crippen LogP contribution in [0.2, 0.25) is 0 Å². The summed E-state index contributed by atoms with van der Waals surface area (Å²) in [4.78, 5) is 12.6. The van der Waals surface area contributed by atoms with Crippen molar-refractivity contribution in [2.45, 2.75) is 12.7 Å². The Morgan fingerprint density at radius 1 is 1.10 bits per heavy atom. The second-order valence-electron chi connectivity index (χ2n) is 6.41. The van der Waals surface area contributed by atoms with Gasteiger partial charge in [-0.1, -0.05) is 0 Å². The lowest BCUT2D eigenvalue weighted by molar-refractivity contribution is -0.140. The van der Waals surface area contributed by atoms with E-state index in [1.54, 1.807) is 24.4 Å². The third kappa shape index (κ3) is 3.61. The van der Waals surface area contributed by atoms with E-state index in [1.165, 1.54) is 31.2 Å². The van der Waals surface area contributed by atoms with E-state index >= 15 is 0 Å². The Morgan fingerprint density at radius 2 is 1.90 bits per heavy atom. The predicted molar refractivity (Wildman–Crippen MR) is 101 cm³/mol. The SMILES string of the molecule is COc1cc(-c2ccc3c(O)n(-c4cn(CC(F)(F)F)cn4)cc3n2)cnc1OC. The molecule has 0 aliphatic carbocycles. The summed E-state index contributed by atoms with van der Waals surface area (Å²) in [7, 11) is 2.98. The minimum absolute atomic E-state index is 0.143. The molecule has 8 nitrogen and oxygen atoms in total. The molecular weight excluding hydrogens is 403 g/mol. The Bertz CT molecular complexity index is 1220. The first kappa shape index (κ1) is 19.6. The van der Waals surface area contributed by atoms with Crippen LogP contribution in [0.15, 0.2) is 43.1 Å². The highest BCUT2D eigenvalue weighted by Crippen LogP contribution is 2.33. The van der Waals surface area contributed by atoms with Gasteiger partial charge in [0.05, 0.1) is 37.1 Å². The molecule has 0 radical (unpaired) electrons. The summed E-state index contributed by atoms with van der Waals surface area (Å²) in [5.41, 5.74) is 1.66. The van der Waals surface area contributed by atoms with Crippen LogP contribution in [0.3, 0.4) is 0 Å². The van der Waals surface area contributed by atoms with Gasteiger partial charge in [0.25, 0.3) is 5.88 Å². The number of fused-ring (bicyclic) bond motifs is 1. The summed E-state index contributed by atoms with van der Waals surface area (Å²) in [5, 5.41) is 10.9. The Hall–Kier alpha value is -3.76. The molecule has 4 aromatic rings. The Morgan fingerprint density at radius 3 is 2.60 bits per heavy atom. The van der Waals surface area contributed by atoms with Gasteiger partial charge in [0.1, 0.15) is 6.54 Å². The Kier molecular flexibility index (Phi) is 4.72. The van der Waals surface area contributed by atoms with E-state index in [1.807, 2.05) is 0 Å². The largest absolute Gasteiger partial charge is 0.494 e. The van der Waals surface area contributed by atoms with Gasteiger partial charge in [0.2, 0.25) is 5.88 Å². The number of ether oxygens (including phenoxy) is 2. The number of aromatic nitrogens is 5. The summed E-state index contributed by atoms with van der Waals surface area (Å²) in [5.74, 6) is 0.740. The molecule has 0 unspecified atom stereocenters. The maximum atomic E-state index is 12.6. The fourth-order valence-corrected chi connectivity index (χ4v) is 3.05. The molecule has 4 rings (SSSR count). The molecule has 0 amide bonds. The Balaban J connectivity index is 1.72. The van der Waals surface area contributed by atoms with Crippen molar-refractivity contribution < 1.29 is 27.8 Å². The van der Waals surface area contributed by atoms with Crippen molar-refractivity contribution in [1.82, 2.24) is 24.1 Å². The maximum absolute atomic E-state index is 12.6. The van der Waals surface area contributed by atoms with Gasteiger partial charge in [-0.05, 0) is 18.2 Å². The van der Waals surface area contributed by atoms with Gasteiger partial charge in [-0.3, -0.25) is 4.57 Å². The lowest BCUT2D eigenvalue weighted by Crippen LogP contribution is -2.16. The number of imidazole rings is 1. The maximum Gasteiger partial charge on any atom is 0.406 e. The molecule has 1 N–H and O–H groups in total. The third-order valence-corrected chi connectivity index (χ3v) is 4.40. The molecule has 11 heteroatoms. The second-order valence-corrected chi connectivity index (χ2v) is 6.41. The van der Waals surface area contributed by atoms with Gasteiger partial charge in [0.15, 0.2) is 11.6 Å². The average Bonchev–Trinajstić information content (AvgIpc) is 3.29. The summed E-state index contributed by atoms with van der Waals surface area (Å²) >= 11 is 0. The zero-order valence-electron chi connectivity index (χ0n) is 15.9. The number of pyridine rings is 2. The van der Waals surface area contributed by atoms with Crippen molar-refractivity contribution >= 4 is 10.9 Å². The van der Waals surface area contributed by atoms with Crippen LogP contribution >= 0.6 is 0 Å². The molecule has 0 spiro atoms. The van der Waals surface area contributed by atoms with Gasteiger partial charge in [0, 0.05) is 24.2 Å². The number of rotatable bonds is 5. The first-order valence-electron chi connectivity index (χ1n) is 8.67. The standard InChI is InChI=1S/C19H16F3N5O3/c1-29-15-5-11(6-23-17(15)30-2)13-4-3-12-14(25-13)7-27(18(12)28)16-8-26(10-24-16)9-19(20,21)22/h3-8,10,28H,9H2,1-2H3. The van der Waals surface area contributed by atoms with Crippen LogP contribution < -0.4 is 9.47 Å². The highest BCUT2D eigenvalue weighted by Gasteiger charge is 2.28. The molecule has 0 aliphatic heterocycles. The van der Waals surface area contributed by atoms with E-state index in [0.717, 1.165) is 10.9 Å². The molecule has 0 saturated heterocycles. The van der Waals surface area contributed by atoms with Crippen LogP contribution in [0.5, 0.6) is 17.5 Å². The van der Waals surface area contributed by atoms with Crippen LogP contribution in [0, 0.1) is 0 Å². The monoisotopic (exact) mass is 419 g/mol. The fraction of sp³-hybridized carbons (Fsp3) is 0.211. The molecule has 0 atom stereocenters. The molecule has 0 bridgehead atoms. The van der Waals surface area contributed by atoms with Crippen LogP contribution in [0.1, 0.15) is 0 Å². The molecule has 4 aromatic heterocycles. The lowest BCUT2D eigenvalue weighted by Gasteiger charge is -2.08. The topological polar surface area (TPSA) is 87.2 Å². The molecular formula is C19H16F3N5O3. The average molecular weight is 419 g/mol. The van der Waals surface area contributed by atoms with Gasteiger partial charge >= 0.3 is 6.18 Å². The normalized spacial score (nSPS) is 11.8. The number of nitrogens with zero attached hydrogens (tertiary/aromatic N) is 5. The number of hydrogen-bond acceptors (Lipinski definition) is 6. The van der Waals surface area contributed by atoms with Crippen molar-refractivity contribution in [1.29, 1.82) is 0 Å². The number of hydrogen-bond donors (Lipinski definition) is 1. The van der Waals surface area contributed by atoms with E-state index < -0.39 is 12.7 Å². The second kappa shape index (κ2) is 7.25. The minimum atomic E-state index is -4.37. The predicted octanol–water partition coefficient (Wildman–Crippen LogP) is 3.57. The van der Waals surface area contributed by atoms with Crippen molar-refractivity contribution in [3.63, 3.8) is 0 Å². The molecule has 30 heavy (non-hydrogen) atoms. The number of halogens is 3. The van der Waals surface area contributed by atoms with Crippen LogP contribution in [-0.4, -0.2) is 49.6 Å². The lowest BCUT2D eigenvalue weighted by atomic mass is 10.1. The third-order valence-electron chi connectivity index (χ3n) is 4.40. The van der Waals surface area contributed by atoms with Crippen molar-refractivity contribution in [2.24, 2.45) is 0 Å². The molecule has 0 fully saturated rings. The molecule has 0 aliphatic rings. The number of methoxy groups -OCH3 is 2. The molecule has 0 saturated carbocycles. The summed E-state index contributed by atoms with van der Waals surface area (Å²) < 4.78 is 50.3. The van der Waals surface area contributed by atoms with Crippen LogP contribution in [0.25, 0.3) is 28.0 Å². The van der Waals surface area contributed by atoms with E-state index in [9.17, 15) is 18.3 Å². The zero-order chi connectivity index (χ0) is 21.5. The fourth-order valence-electron chi connectivity index (χ4n) is 3.05. The van der Waals surface area contributed by atoms with Crippen molar-refractivity contribution in [3.8, 4) is 34.6 Å². The Labute approximate surface area is 168 Å². The highest BCUT2D eigenvalue weighted by atomic mass is 19.4. The van der Waals surface area contributed by atoms with Crippen molar-refractivity contribution in [2.75, 3.05) is 14.2 Å². The number of alkyl halides is 3. The zero-order valence-corrected chi connectivity index (χ0v) is 15.9. The minimum Gasteiger partial charge on any atom is -0.494 e. The van der Waals surface area contributed by atoms with E-state index in [2.05, 4.69) is 15.0 Å². The van der Waals surface area contributed by atoms with Crippen LogP contribution in [-0.2, 0) is 6.54 Å². The van der Waals surface area contributed by atoms with E-state index in [4.69, 9.17) is 9.47 Å². The molecule has 156 valence electrons. The first-order valence-corrected chi connectivity index (χ1v) is 8.67. The van der Waals surface area contributed by atoms with Gasteiger partial charge in [-0.2, -0.15) is 13.2 Å². The number of aromatic hydroxyl groups is 1.